The van der Waals surface area contributed by atoms with Crippen molar-refractivity contribution in [2.24, 2.45) is 0 Å². The average Bonchev–Trinajstić information content (AvgIpc) is 3.55. The molecule has 1 fully saturated rings. The minimum atomic E-state index is -0.487. The van der Waals surface area contributed by atoms with Crippen molar-refractivity contribution in [1.29, 1.82) is 0 Å². The van der Waals surface area contributed by atoms with Crippen LogP contribution in [-0.2, 0) is 6.54 Å². The summed E-state index contributed by atoms with van der Waals surface area (Å²) < 4.78 is 13.5. The SMILES string of the molecule is O=C(NC1CCN(Cc2ccc3[nH]ccc3c2)CC1)c1cc2c(Nc3ccc(F)c(Cl)c3)ncnc2s1. The monoisotopic (exact) mass is 534 g/mol. The highest BCUT2D eigenvalue weighted by atomic mass is 35.5. The molecule has 0 saturated carbocycles. The van der Waals surface area contributed by atoms with E-state index in [1.807, 2.05) is 6.20 Å². The lowest BCUT2D eigenvalue weighted by molar-refractivity contribution is 0.0913. The summed E-state index contributed by atoms with van der Waals surface area (Å²) in [7, 11) is 0. The topological polar surface area (TPSA) is 85.9 Å². The number of piperidine rings is 1. The van der Waals surface area contributed by atoms with Crippen LogP contribution in [0.5, 0.6) is 0 Å². The van der Waals surface area contributed by atoms with Gasteiger partial charge in [0.2, 0.25) is 0 Å². The van der Waals surface area contributed by atoms with Crippen LogP contribution in [0.25, 0.3) is 21.1 Å². The number of hydrogen-bond donors (Lipinski definition) is 3. The van der Waals surface area contributed by atoms with Crippen LogP contribution in [0.2, 0.25) is 5.02 Å². The van der Waals surface area contributed by atoms with Gasteiger partial charge in [0.05, 0.1) is 15.3 Å². The lowest BCUT2D eigenvalue weighted by Gasteiger charge is -2.32. The molecule has 0 spiro atoms. The van der Waals surface area contributed by atoms with Gasteiger partial charge in [0.25, 0.3) is 5.91 Å². The maximum absolute atomic E-state index is 13.5. The molecule has 5 aromatic rings. The van der Waals surface area contributed by atoms with Crippen molar-refractivity contribution >= 4 is 61.5 Å². The molecule has 188 valence electrons. The van der Waals surface area contributed by atoms with Crippen molar-refractivity contribution in [3.8, 4) is 0 Å². The number of likely N-dealkylation sites (tertiary alicyclic amines) is 1. The average molecular weight is 535 g/mol. The fourth-order valence-electron chi connectivity index (χ4n) is 4.73. The van der Waals surface area contributed by atoms with Gasteiger partial charge in [0.15, 0.2) is 0 Å². The zero-order chi connectivity index (χ0) is 25.4. The minimum absolute atomic E-state index is 0.0217. The van der Waals surface area contributed by atoms with Gasteiger partial charge in [0, 0.05) is 43.1 Å². The molecule has 0 bridgehead atoms. The number of carbonyl (C=O) groups is 1. The highest BCUT2D eigenvalue weighted by Crippen LogP contribution is 2.31. The zero-order valence-corrected chi connectivity index (χ0v) is 21.4. The number of aromatic nitrogens is 3. The van der Waals surface area contributed by atoms with Crippen LogP contribution < -0.4 is 10.6 Å². The van der Waals surface area contributed by atoms with Gasteiger partial charge in [0.1, 0.15) is 22.8 Å². The first kappa shape index (κ1) is 23.8. The van der Waals surface area contributed by atoms with Crippen molar-refractivity contribution in [2.75, 3.05) is 18.4 Å². The van der Waals surface area contributed by atoms with E-state index < -0.39 is 5.82 Å². The summed E-state index contributed by atoms with van der Waals surface area (Å²) in [5.41, 5.74) is 3.05. The Balaban J connectivity index is 1.08. The summed E-state index contributed by atoms with van der Waals surface area (Å²) in [5.74, 6) is -0.0529. The maximum Gasteiger partial charge on any atom is 0.261 e. The van der Waals surface area contributed by atoms with Crippen LogP contribution in [0.15, 0.2) is 61.1 Å². The molecule has 37 heavy (non-hydrogen) atoms. The summed E-state index contributed by atoms with van der Waals surface area (Å²) in [6, 6.07) is 14.9. The van der Waals surface area contributed by atoms with E-state index in [2.05, 4.69) is 54.8 Å². The van der Waals surface area contributed by atoms with Crippen molar-refractivity contribution in [3.63, 3.8) is 0 Å². The third-order valence-electron chi connectivity index (χ3n) is 6.68. The highest BCUT2D eigenvalue weighted by Gasteiger charge is 2.23. The van der Waals surface area contributed by atoms with Crippen molar-refractivity contribution < 1.29 is 9.18 Å². The van der Waals surface area contributed by atoms with Crippen LogP contribution >= 0.6 is 22.9 Å². The Morgan fingerprint density at radius 2 is 2.00 bits per heavy atom. The molecule has 0 atom stereocenters. The largest absolute Gasteiger partial charge is 0.361 e. The van der Waals surface area contributed by atoms with Gasteiger partial charge in [-0.15, -0.1) is 11.3 Å². The summed E-state index contributed by atoms with van der Waals surface area (Å²) >= 11 is 7.23. The molecule has 10 heteroatoms. The summed E-state index contributed by atoms with van der Waals surface area (Å²) in [6.45, 7) is 2.77. The normalized spacial score (nSPS) is 14.9. The second-order valence-electron chi connectivity index (χ2n) is 9.23. The number of halogens is 2. The first-order valence-corrected chi connectivity index (χ1v) is 13.3. The van der Waals surface area contributed by atoms with Gasteiger partial charge in [-0.25, -0.2) is 14.4 Å². The molecule has 1 aliphatic heterocycles. The van der Waals surface area contributed by atoms with Gasteiger partial charge in [-0.05, 0) is 66.3 Å². The number of rotatable bonds is 6. The maximum atomic E-state index is 13.5. The number of hydrogen-bond acceptors (Lipinski definition) is 6. The van der Waals surface area contributed by atoms with Crippen LogP contribution in [-0.4, -0.2) is 44.9 Å². The number of H-pyrrole nitrogens is 1. The Hall–Kier alpha value is -3.53. The molecule has 0 aliphatic carbocycles. The second kappa shape index (κ2) is 10.1. The van der Waals surface area contributed by atoms with E-state index in [-0.39, 0.29) is 17.0 Å². The Kier molecular flexibility index (Phi) is 6.50. The quantitative estimate of drug-likeness (QED) is 0.245. The number of nitrogens with one attached hydrogen (secondary N) is 3. The summed E-state index contributed by atoms with van der Waals surface area (Å²) in [4.78, 5) is 28.6. The number of nitrogens with zero attached hydrogens (tertiary/aromatic N) is 3. The molecule has 7 nitrogen and oxygen atoms in total. The predicted molar refractivity (Wildman–Crippen MR) is 146 cm³/mol. The Morgan fingerprint density at radius 3 is 2.84 bits per heavy atom. The lowest BCUT2D eigenvalue weighted by atomic mass is 10.0. The predicted octanol–water partition coefficient (Wildman–Crippen LogP) is 6.10. The molecule has 6 rings (SSSR count). The van der Waals surface area contributed by atoms with Crippen LogP contribution in [0, 0.1) is 5.82 Å². The molecule has 1 aliphatic rings. The van der Waals surface area contributed by atoms with Crippen molar-refractivity contribution in [1.82, 2.24) is 25.2 Å². The third kappa shape index (κ3) is 5.16. The number of fused-ring (bicyclic) bond motifs is 2. The summed E-state index contributed by atoms with van der Waals surface area (Å²) in [5, 5.41) is 8.32. The van der Waals surface area contributed by atoms with Crippen LogP contribution in [0.1, 0.15) is 28.1 Å². The third-order valence-corrected chi connectivity index (χ3v) is 8.01. The molecule has 3 aromatic heterocycles. The Labute approximate surface area is 221 Å². The number of benzene rings is 2. The van der Waals surface area contributed by atoms with E-state index in [4.69, 9.17) is 11.6 Å². The van der Waals surface area contributed by atoms with E-state index in [0.717, 1.165) is 43.4 Å². The molecule has 0 radical (unpaired) electrons. The van der Waals surface area contributed by atoms with Crippen molar-refractivity contribution in [3.05, 3.63) is 82.3 Å². The molecule has 2 aromatic carbocycles. The Bertz CT molecular complexity index is 1590. The molecule has 1 saturated heterocycles. The Morgan fingerprint density at radius 1 is 1.14 bits per heavy atom. The van der Waals surface area contributed by atoms with Crippen molar-refractivity contribution in [2.45, 2.75) is 25.4 Å². The first-order chi connectivity index (χ1) is 18.0. The zero-order valence-electron chi connectivity index (χ0n) is 19.8. The highest BCUT2D eigenvalue weighted by molar-refractivity contribution is 7.20. The van der Waals surface area contributed by atoms with Gasteiger partial charge in [-0.1, -0.05) is 17.7 Å². The fourth-order valence-corrected chi connectivity index (χ4v) is 5.81. The molecular formula is C27H24ClFN6OS. The molecule has 1 amide bonds. The van der Waals surface area contributed by atoms with E-state index in [1.54, 1.807) is 12.1 Å². The van der Waals surface area contributed by atoms with Gasteiger partial charge in [-0.2, -0.15) is 0 Å². The molecule has 3 N–H and O–H groups in total. The van der Waals surface area contributed by atoms with E-state index >= 15 is 0 Å². The van der Waals surface area contributed by atoms with E-state index in [9.17, 15) is 9.18 Å². The van der Waals surface area contributed by atoms with Crippen LogP contribution in [0.3, 0.4) is 0 Å². The number of anilines is 2. The van der Waals surface area contributed by atoms with E-state index in [0.29, 0.717) is 21.2 Å². The smallest absolute Gasteiger partial charge is 0.261 e. The van der Waals surface area contributed by atoms with Gasteiger partial charge in [-0.3, -0.25) is 9.69 Å². The van der Waals surface area contributed by atoms with Gasteiger partial charge < -0.3 is 15.6 Å². The minimum Gasteiger partial charge on any atom is -0.361 e. The first-order valence-electron chi connectivity index (χ1n) is 12.1. The van der Waals surface area contributed by atoms with E-state index in [1.165, 1.54) is 40.7 Å². The number of thiophene rings is 1. The fraction of sp³-hybridized carbons (Fsp3) is 0.222. The number of carbonyl (C=O) groups excluding carboxylic acids is 1. The number of amides is 1. The molecular weight excluding hydrogens is 511 g/mol. The number of aromatic amines is 1. The summed E-state index contributed by atoms with van der Waals surface area (Å²) in [6.07, 6.45) is 5.21. The van der Waals surface area contributed by atoms with Gasteiger partial charge >= 0.3 is 0 Å². The molecule has 4 heterocycles. The standard InChI is InChI=1S/C27H24ClFN6OS/c28-21-12-19(2-3-22(21)29)33-25-20-13-24(37-27(20)32-15-31-25)26(36)34-18-6-9-35(10-7-18)14-16-1-4-23-17(11-16)5-8-30-23/h1-5,8,11-13,15,18,30H,6-7,9-10,14H2,(H,34,36)(H,31,32,33). The molecule has 0 unspecified atom stereocenters. The second-order valence-corrected chi connectivity index (χ2v) is 10.7. The lowest BCUT2D eigenvalue weighted by Crippen LogP contribution is -2.44. The van der Waals surface area contributed by atoms with Crippen LogP contribution in [0.4, 0.5) is 15.9 Å².